The Balaban J connectivity index is 2.33. The van der Waals surface area contributed by atoms with Gasteiger partial charge in [0.1, 0.15) is 5.82 Å². The molecule has 0 fully saturated rings. The first-order valence-corrected chi connectivity index (χ1v) is 6.33. The Morgan fingerprint density at radius 1 is 1.05 bits per heavy atom. The third-order valence-corrected chi connectivity index (χ3v) is 3.21. The highest BCUT2D eigenvalue weighted by Crippen LogP contribution is 2.21. The van der Waals surface area contributed by atoms with Crippen LogP contribution in [0.5, 0.6) is 0 Å². The smallest absolute Gasteiger partial charge is 0.169 e. The van der Waals surface area contributed by atoms with Crippen LogP contribution in [0.4, 0.5) is 13.2 Å². The standard InChI is InChI=1S/C16H11F3S/c1-10-9-13(17)12(16(19)15(10)18)7-8-14(20)11-5-3-2-4-6-11/h2-9H,1H3. The molecule has 0 amide bonds. The van der Waals surface area contributed by atoms with Gasteiger partial charge in [0.2, 0.25) is 0 Å². The molecule has 0 N–H and O–H groups in total. The second-order valence-corrected chi connectivity index (χ2v) is 4.72. The summed E-state index contributed by atoms with van der Waals surface area (Å²) >= 11 is 5.14. The van der Waals surface area contributed by atoms with Crippen LogP contribution in [0.15, 0.2) is 42.5 Å². The van der Waals surface area contributed by atoms with E-state index in [2.05, 4.69) is 0 Å². The average molecular weight is 292 g/mol. The minimum atomic E-state index is -1.20. The van der Waals surface area contributed by atoms with Crippen molar-refractivity contribution in [2.45, 2.75) is 6.92 Å². The van der Waals surface area contributed by atoms with Crippen LogP contribution in [-0.2, 0) is 0 Å². The van der Waals surface area contributed by atoms with Gasteiger partial charge in [0.05, 0.1) is 0 Å². The summed E-state index contributed by atoms with van der Waals surface area (Å²) in [5.41, 5.74) is 0.265. The molecule has 0 bridgehead atoms. The summed E-state index contributed by atoms with van der Waals surface area (Å²) in [7, 11) is 0. The molecule has 102 valence electrons. The molecule has 0 aliphatic rings. The molecule has 0 saturated heterocycles. The highest BCUT2D eigenvalue weighted by molar-refractivity contribution is 7.81. The van der Waals surface area contributed by atoms with Crippen molar-refractivity contribution in [2.75, 3.05) is 0 Å². The van der Waals surface area contributed by atoms with Crippen LogP contribution in [-0.4, -0.2) is 4.86 Å². The Kier molecular flexibility index (Phi) is 4.35. The first-order valence-electron chi connectivity index (χ1n) is 5.92. The van der Waals surface area contributed by atoms with E-state index in [1.165, 1.54) is 13.0 Å². The molecule has 2 rings (SSSR count). The Bertz CT molecular complexity index is 676. The lowest BCUT2D eigenvalue weighted by atomic mass is 10.1. The van der Waals surface area contributed by atoms with E-state index in [1.54, 1.807) is 12.1 Å². The van der Waals surface area contributed by atoms with Gasteiger partial charge in [-0.15, -0.1) is 0 Å². The van der Waals surface area contributed by atoms with Crippen molar-refractivity contribution in [2.24, 2.45) is 0 Å². The zero-order chi connectivity index (χ0) is 14.7. The minimum absolute atomic E-state index is 0.0669. The van der Waals surface area contributed by atoms with E-state index in [0.717, 1.165) is 17.7 Å². The Morgan fingerprint density at radius 2 is 1.70 bits per heavy atom. The van der Waals surface area contributed by atoms with Crippen molar-refractivity contribution >= 4 is 23.2 Å². The second kappa shape index (κ2) is 6.01. The van der Waals surface area contributed by atoms with Gasteiger partial charge in [0.15, 0.2) is 11.6 Å². The third kappa shape index (κ3) is 2.96. The molecule has 0 aliphatic carbocycles. The molecule has 2 aromatic rings. The third-order valence-electron chi connectivity index (χ3n) is 2.84. The fraction of sp³-hybridized carbons (Fsp3) is 0.0625. The maximum Gasteiger partial charge on any atom is 0.169 e. The predicted molar refractivity (Wildman–Crippen MR) is 78.2 cm³/mol. The van der Waals surface area contributed by atoms with Gasteiger partial charge >= 0.3 is 0 Å². The maximum absolute atomic E-state index is 13.7. The monoisotopic (exact) mass is 292 g/mol. The molecule has 0 nitrogen and oxygen atoms in total. The van der Waals surface area contributed by atoms with E-state index in [9.17, 15) is 13.2 Å². The van der Waals surface area contributed by atoms with Crippen LogP contribution in [0.1, 0.15) is 16.7 Å². The van der Waals surface area contributed by atoms with Crippen LogP contribution in [0.3, 0.4) is 0 Å². The van der Waals surface area contributed by atoms with Crippen LogP contribution < -0.4 is 0 Å². The Morgan fingerprint density at radius 3 is 2.35 bits per heavy atom. The summed E-state index contributed by atoms with van der Waals surface area (Å²) in [4.78, 5) is 0.422. The first kappa shape index (κ1) is 14.5. The van der Waals surface area contributed by atoms with Crippen molar-refractivity contribution in [1.29, 1.82) is 0 Å². The van der Waals surface area contributed by atoms with Crippen molar-refractivity contribution in [1.82, 2.24) is 0 Å². The van der Waals surface area contributed by atoms with E-state index in [-0.39, 0.29) is 5.56 Å². The van der Waals surface area contributed by atoms with Crippen LogP contribution in [0.2, 0.25) is 0 Å². The quantitative estimate of drug-likeness (QED) is 0.337. The van der Waals surface area contributed by atoms with E-state index < -0.39 is 23.0 Å². The number of thiocarbonyl (C=S) groups is 1. The highest BCUT2D eigenvalue weighted by Gasteiger charge is 2.14. The van der Waals surface area contributed by atoms with Crippen molar-refractivity contribution in [3.05, 3.63) is 76.6 Å². The van der Waals surface area contributed by atoms with Crippen molar-refractivity contribution < 1.29 is 13.2 Å². The molecule has 2 aromatic carbocycles. The summed E-state index contributed by atoms with van der Waals surface area (Å²) < 4.78 is 40.7. The van der Waals surface area contributed by atoms with E-state index in [0.29, 0.717) is 4.86 Å². The molecule has 0 atom stereocenters. The number of hydrogen-bond donors (Lipinski definition) is 0. The molecular weight excluding hydrogens is 281 g/mol. The van der Waals surface area contributed by atoms with Gasteiger partial charge in [-0.1, -0.05) is 42.5 Å². The lowest BCUT2D eigenvalue weighted by molar-refractivity contribution is 0.486. The van der Waals surface area contributed by atoms with Crippen LogP contribution >= 0.6 is 12.2 Å². The number of aryl methyl sites for hydroxylation is 1. The van der Waals surface area contributed by atoms with Crippen LogP contribution in [0, 0.1) is 24.4 Å². The first-order chi connectivity index (χ1) is 9.50. The highest BCUT2D eigenvalue weighted by atomic mass is 32.1. The number of allylic oxidation sites excluding steroid dienone is 1. The summed E-state index contributed by atoms with van der Waals surface area (Å²) in [6, 6.07) is 9.99. The molecule has 0 unspecified atom stereocenters. The molecular formula is C16H11F3S. The topological polar surface area (TPSA) is 0 Å². The van der Waals surface area contributed by atoms with E-state index in [4.69, 9.17) is 12.2 Å². The van der Waals surface area contributed by atoms with E-state index in [1.807, 2.05) is 18.2 Å². The molecule has 0 radical (unpaired) electrons. The molecule has 4 heteroatoms. The van der Waals surface area contributed by atoms with Gasteiger partial charge in [-0.25, -0.2) is 13.2 Å². The summed E-state index contributed by atoms with van der Waals surface area (Å²) in [5, 5.41) is 0. The minimum Gasteiger partial charge on any atom is -0.206 e. The predicted octanol–water partition coefficient (Wildman–Crippen LogP) is 4.84. The van der Waals surface area contributed by atoms with Gasteiger partial charge in [-0.2, -0.15) is 0 Å². The Labute approximate surface area is 120 Å². The van der Waals surface area contributed by atoms with Gasteiger partial charge < -0.3 is 0 Å². The van der Waals surface area contributed by atoms with Crippen molar-refractivity contribution in [3.63, 3.8) is 0 Å². The molecule has 0 aliphatic heterocycles. The number of halogens is 3. The number of rotatable bonds is 3. The molecule has 20 heavy (non-hydrogen) atoms. The van der Waals surface area contributed by atoms with Gasteiger partial charge in [0, 0.05) is 10.4 Å². The number of hydrogen-bond acceptors (Lipinski definition) is 1. The largest absolute Gasteiger partial charge is 0.206 e. The van der Waals surface area contributed by atoms with Gasteiger partial charge in [-0.3, -0.25) is 0 Å². The molecule has 0 heterocycles. The maximum atomic E-state index is 13.7. The summed E-state index contributed by atoms with van der Waals surface area (Å²) in [6.45, 7) is 1.31. The summed E-state index contributed by atoms with van der Waals surface area (Å²) in [5.74, 6) is -3.06. The van der Waals surface area contributed by atoms with Crippen molar-refractivity contribution in [3.8, 4) is 0 Å². The SMILES string of the molecule is Cc1cc(F)c(C=CC(=S)c2ccccc2)c(F)c1F. The zero-order valence-corrected chi connectivity index (χ0v) is 11.5. The molecule has 0 spiro atoms. The molecule has 0 saturated carbocycles. The molecule has 0 aromatic heterocycles. The van der Waals surface area contributed by atoms with Gasteiger partial charge in [0.25, 0.3) is 0 Å². The lowest BCUT2D eigenvalue weighted by Crippen LogP contribution is -1.98. The lowest BCUT2D eigenvalue weighted by Gasteiger charge is -2.04. The fourth-order valence-electron chi connectivity index (χ4n) is 1.74. The van der Waals surface area contributed by atoms with Crippen LogP contribution in [0.25, 0.3) is 6.08 Å². The summed E-state index contributed by atoms with van der Waals surface area (Å²) in [6.07, 6.45) is 2.55. The zero-order valence-electron chi connectivity index (χ0n) is 10.7. The van der Waals surface area contributed by atoms with E-state index >= 15 is 0 Å². The van der Waals surface area contributed by atoms with Gasteiger partial charge in [-0.05, 0) is 36.3 Å². The average Bonchev–Trinajstić information content (AvgIpc) is 2.45. The Hall–Kier alpha value is -1.94. The number of benzene rings is 2. The fourth-order valence-corrected chi connectivity index (χ4v) is 1.94. The normalized spacial score (nSPS) is 11.0. The second-order valence-electron chi connectivity index (χ2n) is 4.28.